The van der Waals surface area contributed by atoms with E-state index in [2.05, 4.69) is 10.5 Å². The molecule has 4 N–H and O–H groups in total. The van der Waals surface area contributed by atoms with Crippen LogP contribution in [-0.2, 0) is 14.4 Å². The highest BCUT2D eigenvalue weighted by molar-refractivity contribution is 6.08. The van der Waals surface area contributed by atoms with Crippen molar-refractivity contribution in [2.75, 3.05) is 6.54 Å². The molecule has 2 unspecified atom stereocenters. The molecule has 0 bridgehead atoms. The highest BCUT2D eigenvalue weighted by Crippen LogP contribution is 2.19. The molecule has 20 heavy (non-hydrogen) atoms. The number of nitrogens with two attached hydrogens (primary N) is 1. The first kappa shape index (κ1) is 15.9. The van der Waals surface area contributed by atoms with Crippen molar-refractivity contribution in [3.8, 4) is 0 Å². The number of nitrogens with zero attached hydrogens (tertiary/aromatic N) is 2. The van der Waals surface area contributed by atoms with Gasteiger partial charge in [0, 0.05) is 0 Å². The number of oxime groups is 1. The van der Waals surface area contributed by atoms with Crippen molar-refractivity contribution in [2.45, 2.75) is 33.2 Å². The van der Waals surface area contributed by atoms with Crippen LogP contribution in [0.25, 0.3) is 0 Å². The summed E-state index contributed by atoms with van der Waals surface area (Å²) in [7, 11) is 0. The van der Waals surface area contributed by atoms with E-state index in [9.17, 15) is 14.4 Å². The number of amidine groups is 1. The number of rotatable bonds is 4. The molecule has 112 valence electrons. The molecule has 0 aromatic heterocycles. The van der Waals surface area contributed by atoms with Crippen molar-refractivity contribution in [1.82, 2.24) is 10.2 Å². The maximum Gasteiger partial charge on any atom is 0.249 e. The minimum absolute atomic E-state index is 0.203. The van der Waals surface area contributed by atoms with Gasteiger partial charge in [-0.3, -0.25) is 19.7 Å². The van der Waals surface area contributed by atoms with Gasteiger partial charge in [-0.25, -0.2) is 0 Å². The van der Waals surface area contributed by atoms with Crippen LogP contribution in [-0.4, -0.2) is 46.3 Å². The SMILES string of the molecule is CCC1C(=O)NC(=O)CN1C(=O)C(C(N)=NO)C(C)C. The molecular weight excluding hydrogens is 264 g/mol. The summed E-state index contributed by atoms with van der Waals surface area (Å²) in [5, 5.41) is 13.8. The maximum absolute atomic E-state index is 12.5. The Bertz CT molecular complexity index is 447. The predicted octanol–water partition coefficient (Wildman–Crippen LogP) is -0.731. The molecule has 0 aromatic carbocycles. The third-order valence-corrected chi connectivity index (χ3v) is 3.29. The van der Waals surface area contributed by atoms with Gasteiger partial charge in [0.15, 0.2) is 5.84 Å². The Morgan fingerprint density at radius 3 is 2.60 bits per heavy atom. The van der Waals surface area contributed by atoms with E-state index in [1.54, 1.807) is 20.8 Å². The second-order valence-electron chi connectivity index (χ2n) is 5.05. The Morgan fingerprint density at radius 1 is 1.55 bits per heavy atom. The number of hydrogen-bond acceptors (Lipinski definition) is 5. The third kappa shape index (κ3) is 3.06. The summed E-state index contributed by atoms with van der Waals surface area (Å²) < 4.78 is 0. The van der Waals surface area contributed by atoms with E-state index in [1.165, 1.54) is 4.90 Å². The molecular formula is C12H20N4O4. The molecule has 1 heterocycles. The van der Waals surface area contributed by atoms with Crippen LogP contribution in [0.1, 0.15) is 27.2 Å². The van der Waals surface area contributed by atoms with Crippen LogP contribution in [0, 0.1) is 11.8 Å². The molecule has 1 aliphatic rings. The second kappa shape index (κ2) is 6.36. The van der Waals surface area contributed by atoms with Gasteiger partial charge in [0.2, 0.25) is 17.7 Å². The van der Waals surface area contributed by atoms with Gasteiger partial charge in [0.05, 0.1) is 0 Å². The van der Waals surface area contributed by atoms with Crippen molar-refractivity contribution in [3.05, 3.63) is 0 Å². The monoisotopic (exact) mass is 284 g/mol. The zero-order chi connectivity index (χ0) is 15.4. The highest BCUT2D eigenvalue weighted by Gasteiger charge is 2.40. The van der Waals surface area contributed by atoms with Gasteiger partial charge in [-0.15, -0.1) is 0 Å². The average Bonchev–Trinajstić information content (AvgIpc) is 2.37. The Kier molecular flexibility index (Phi) is 5.06. The topological polar surface area (TPSA) is 125 Å². The van der Waals surface area contributed by atoms with Crippen molar-refractivity contribution >= 4 is 23.6 Å². The summed E-state index contributed by atoms with van der Waals surface area (Å²) in [4.78, 5) is 36.9. The smallest absolute Gasteiger partial charge is 0.249 e. The molecule has 1 rings (SSSR count). The summed E-state index contributed by atoms with van der Waals surface area (Å²) in [6.07, 6.45) is 0.381. The van der Waals surface area contributed by atoms with E-state index >= 15 is 0 Å². The van der Waals surface area contributed by atoms with Gasteiger partial charge in [-0.05, 0) is 12.3 Å². The fourth-order valence-corrected chi connectivity index (χ4v) is 2.30. The molecule has 1 fully saturated rings. The summed E-state index contributed by atoms with van der Waals surface area (Å²) >= 11 is 0. The lowest BCUT2D eigenvalue weighted by Gasteiger charge is -2.36. The number of carbonyl (C=O) groups is 3. The molecule has 2 atom stereocenters. The molecule has 0 saturated carbocycles. The quantitative estimate of drug-likeness (QED) is 0.206. The van der Waals surface area contributed by atoms with Crippen LogP contribution in [0.15, 0.2) is 5.16 Å². The summed E-state index contributed by atoms with van der Waals surface area (Å²) in [5.74, 6) is -2.83. The van der Waals surface area contributed by atoms with E-state index in [-0.39, 0.29) is 18.3 Å². The summed E-state index contributed by atoms with van der Waals surface area (Å²) in [5.41, 5.74) is 5.55. The first-order valence-corrected chi connectivity index (χ1v) is 6.45. The molecule has 8 nitrogen and oxygen atoms in total. The van der Waals surface area contributed by atoms with E-state index in [4.69, 9.17) is 10.9 Å². The fraction of sp³-hybridized carbons (Fsp3) is 0.667. The molecule has 0 aliphatic carbocycles. The summed E-state index contributed by atoms with van der Waals surface area (Å²) in [6.45, 7) is 5.03. The highest BCUT2D eigenvalue weighted by atomic mass is 16.4. The lowest BCUT2D eigenvalue weighted by atomic mass is 9.92. The van der Waals surface area contributed by atoms with Crippen LogP contribution in [0.4, 0.5) is 0 Å². The van der Waals surface area contributed by atoms with E-state index in [0.29, 0.717) is 6.42 Å². The van der Waals surface area contributed by atoms with Crippen LogP contribution in [0.5, 0.6) is 0 Å². The van der Waals surface area contributed by atoms with Crippen LogP contribution < -0.4 is 11.1 Å². The molecule has 0 aromatic rings. The summed E-state index contributed by atoms with van der Waals surface area (Å²) in [6, 6.07) is -0.715. The molecule has 0 radical (unpaired) electrons. The minimum atomic E-state index is -0.868. The Labute approximate surface area is 117 Å². The largest absolute Gasteiger partial charge is 0.409 e. The molecule has 3 amide bonds. The Hall–Kier alpha value is -2.12. The molecule has 0 spiro atoms. The van der Waals surface area contributed by atoms with Gasteiger partial charge in [0.25, 0.3) is 0 Å². The van der Waals surface area contributed by atoms with Crippen LogP contribution in [0.3, 0.4) is 0 Å². The lowest BCUT2D eigenvalue weighted by Crippen LogP contribution is -2.61. The van der Waals surface area contributed by atoms with Crippen molar-refractivity contribution in [3.63, 3.8) is 0 Å². The number of carbonyl (C=O) groups excluding carboxylic acids is 3. The van der Waals surface area contributed by atoms with Crippen molar-refractivity contribution in [1.29, 1.82) is 0 Å². The number of piperazine rings is 1. The zero-order valence-electron chi connectivity index (χ0n) is 11.8. The van der Waals surface area contributed by atoms with Gasteiger partial charge >= 0.3 is 0 Å². The lowest BCUT2D eigenvalue weighted by molar-refractivity contribution is -0.151. The standard InChI is InChI=1S/C12H20N4O4/c1-4-7-11(18)14-8(17)5-16(7)12(19)9(6(2)3)10(13)15-20/h6-7,9,20H,4-5H2,1-3H3,(H2,13,15)(H,14,17,18). The normalized spacial score (nSPS) is 21.9. The number of hydrogen-bond donors (Lipinski definition) is 3. The van der Waals surface area contributed by atoms with Crippen LogP contribution in [0.2, 0.25) is 0 Å². The van der Waals surface area contributed by atoms with Gasteiger partial charge < -0.3 is 15.8 Å². The van der Waals surface area contributed by atoms with Crippen molar-refractivity contribution < 1.29 is 19.6 Å². The number of nitrogens with one attached hydrogen (secondary N) is 1. The number of amides is 3. The van der Waals surface area contributed by atoms with Crippen molar-refractivity contribution in [2.24, 2.45) is 22.7 Å². The average molecular weight is 284 g/mol. The first-order valence-electron chi connectivity index (χ1n) is 6.45. The Balaban J connectivity index is 3.08. The van der Waals surface area contributed by atoms with Gasteiger partial charge in [-0.1, -0.05) is 25.9 Å². The minimum Gasteiger partial charge on any atom is -0.409 e. The molecule has 1 saturated heterocycles. The Morgan fingerprint density at radius 2 is 2.15 bits per heavy atom. The van der Waals surface area contributed by atoms with Gasteiger partial charge in [0.1, 0.15) is 18.5 Å². The number of imide groups is 1. The van der Waals surface area contributed by atoms with Crippen LogP contribution >= 0.6 is 0 Å². The molecule has 1 aliphatic heterocycles. The predicted molar refractivity (Wildman–Crippen MR) is 70.7 cm³/mol. The maximum atomic E-state index is 12.5. The van der Waals surface area contributed by atoms with E-state index in [0.717, 1.165) is 0 Å². The third-order valence-electron chi connectivity index (χ3n) is 3.29. The van der Waals surface area contributed by atoms with E-state index < -0.39 is 29.7 Å². The van der Waals surface area contributed by atoms with E-state index in [1.807, 2.05) is 0 Å². The van der Waals surface area contributed by atoms with Gasteiger partial charge in [-0.2, -0.15) is 0 Å². The fourth-order valence-electron chi connectivity index (χ4n) is 2.30. The zero-order valence-corrected chi connectivity index (χ0v) is 11.8. The first-order chi connectivity index (χ1) is 9.33. The second-order valence-corrected chi connectivity index (χ2v) is 5.05. The molecule has 8 heteroatoms.